The second-order valence-corrected chi connectivity index (χ2v) is 2.71. The molecule has 1 radical (unpaired) electrons. The molecule has 2 heteroatoms. The number of benzene rings is 1. The first-order valence-electron chi connectivity index (χ1n) is 3.58. The van der Waals surface area contributed by atoms with Gasteiger partial charge in [0.2, 0.25) is 0 Å². The molecule has 0 spiro atoms. The average molecular weight is 223 g/mol. The third-order valence-corrected chi connectivity index (χ3v) is 1.84. The fraction of sp³-hybridized carbons (Fsp3) is 0.333. The summed E-state index contributed by atoms with van der Waals surface area (Å²) in [6.07, 6.45) is 1.08. The van der Waals surface area contributed by atoms with Crippen molar-refractivity contribution in [3.8, 4) is 5.75 Å². The Morgan fingerprint density at radius 3 is 3.00 bits per heavy atom. The Balaban J connectivity index is 0.000000605. The number of hydrogen-bond donors (Lipinski definition) is 0. The predicted octanol–water partition coefficient (Wildman–Crippen LogP) is 1.93. The van der Waals surface area contributed by atoms with Gasteiger partial charge in [-0.15, -0.1) is 0 Å². The summed E-state index contributed by atoms with van der Waals surface area (Å²) in [6, 6.07) is 6.34. The van der Waals surface area contributed by atoms with E-state index in [1.165, 1.54) is 11.1 Å². The van der Waals surface area contributed by atoms with Crippen LogP contribution in [0.15, 0.2) is 18.2 Å². The molecule has 0 saturated carbocycles. The van der Waals surface area contributed by atoms with Gasteiger partial charge in [0, 0.05) is 39.1 Å². The molecule has 1 aliphatic heterocycles. The van der Waals surface area contributed by atoms with E-state index in [0.717, 1.165) is 18.8 Å². The van der Waals surface area contributed by atoms with E-state index in [2.05, 4.69) is 25.1 Å². The molecule has 0 saturated heterocycles. The molecule has 1 aromatic carbocycles. The van der Waals surface area contributed by atoms with Crippen LogP contribution in [0, 0.1) is 6.92 Å². The smallest absolute Gasteiger partial charge is 0.122 e. The molecular weight excluding hydrogens is 213 g/mol. The Morgan fingerprint density at radius 2 is 2.18 bits per heavy atom. The summed E-state index contributed by atoms with van der Waals surface area (Å²) in [5.74, 6) is 1.07. The maximum Gasteiger partial charge on any atom is 0.122 e. The van der Waals surface area contributed by atoms with Crippen molar-refractivity contribution < 1.29 is 37.4 Å². The van der Waals surface area contributed by atoms with Gasteiger partial charge in [-0.05, 0) is 18.6 Å². The maximum atomic E-state index is 5.35. The van der Waals surface area contributed by atoms with E-state index < -0.39 is 0 Å². The van der Waals surface area contributed by atoms with E-state index in [9.17, 15) is 0 Å². The zero-order valence-corrected chi connectivity index (χ0v) is 9.47. The summed E-state index contributed by atoms with van der Waals surface area (Å²) in [6.45, 7) is 2.97. The monoisotopic (exact) mass is 223 g/mol. The van der Waals surface area contributed by atoms with Crippen LogP contribution >= 0.6 is 0 Å². The minimum atomic E-state index is 0. The van der Waals surface area contributed by atoms with Crippen molar-refractivity contribution in [2.45, 2.75) is 13.3 Å². The normalized spacial score (nSPS) is 13.2. The van der Waals surface area contributed by atoms with E-state index >= 15 is 0 Å². The fourth-order valence-corrected chi connectivity index (χ4v) is 1.32. The third-order valence-electron chi connectivity index (χ3n) is 1.84. The van der Waals surface area contributed by atoms with Crippen LogP contribution in [0.2, 0.25) is 0 Å². The second kappa shape index (κ2) is 3.68. The van der Waals surface area contributed by atoms with Crippen LogP contribution in [0.5, 0.6) is 5.75 Å². The quantitative estimate of drug-likeness (QED) is 0.652. The van der Waals surface area contributed by atoms with Gasteiger partial charge in [0.25, 0.3) is 0 Å². The van der Waals surface area contributed by atoms with E-state index in [-0.39, 0.29) is 32.7 Å². The first-order valence-corrected chi connectivity index (χ1v) is 3.58. The minimum Gasteiger partial charge on any atom is -0.493 e. The summed E-state index contributed by atoms with van der Waals surface area (Å²) in [5.41, 5.74) is 2.68. The van der Waals surface area contributed by atoms with Gasteiger partial charge < -0.3 is 4.74 Å². The molecule has 0 atom stereocenters. The van der Waals surface area contributed by atoms with Gasteiger partial charge in [-0.3, -0.25) is 0 Å². The Labute approximate surface area is 92.0 Å². The van der Waals surface area contributed by atoms with E-state index in [1.54, 1.807) is 0 Å². The molecule has 0 aromatic heterocycles. The number of hydrogen-bond acceptors (Lipinski definition) is 1. The van der Waals surface area contributed by atoms with E-state index in [4.69, 9.17) is 4.74 Å². The summed E-state index contributed by atoms with van der Waals surface area (Å²) >= 11 is 0. The van der Waals surface area contributed by atoms with Crippen molar-refractivity contribution >= 4 is 0 Å². The van der Waals surface area contributed by atoms with Crippen LogP contribution in [-0.4, -0.2) is 6.61 Å². The molecule has 0 unspecified atom stereocenters. The maximum absolute atomic E-state index is 5.35. The van der Waals surface area contributed by atoms with Gasteiger partial charge in [0.05, 0.1) is 6.61 Å². The van der Waals surface area contributed by atoms with Crippen LogP contribution in [0.25, 0.3) is 0 Å². The SMILES string of the molecule is Cc1ccc2c(c1)CCO2.[Y]. The molecule has 1 aromatic rings. The average Bonchev–Trinajstić information content (AvgIpc) is 2.33. The Kier molecular flexibility index (Phi) is 3.09. The summed E-state index contributed by atoms with van der Waals surface area (Å²) in [4.78, 5) is 0. The molecular formula is C9H10OY. The Hall–Kier alpha value is 0.124. The Bertz CT molecular complexity index is 258. The van der Waals surface area contributed by atoms with Crippen molar-refractivity contribution in [2.24, 2.45) is 0 Å². The number of ether oxygens (including phenoxy) is 1. The standard InChI is InChI=1S/C9H10O.Y/c1-7-2-3-9-8(6-7)4-5-10-9;/h2-3,6H,4-5H2,1H3;. The minimum absolute atomic E-state index is 0. The van der Waals surface area contributed by atoms with E-state index in [1.807, 2.05) is 0 Å². The zero-order valence-electron chi connectivity index (χ0n) is 6.63. The van der Waals surface area contributed by atoms with Crippen LogP contribution in [0.4, 0.5) is 0 Å². The fourth-order valence-electron chi connectivity index (χ4n) is 1.32. The van der Waals surface area contributed by atoms with Crippen LogP contribution in [0.3, 0.4) is 0 Å². The molecule has 11 heavy (non-hydrogen) atoms. The summed E-state index contributed by atoms with van der Waals surface area (Å²) < 4.78 is 5.35. The number of fused-ring (bicyclic) bond motifs is 1. The third kappa shape index (κ3) is 1.83. The van der Waals surface area contributed by atoms with Gasteiger partial charge in [-0.2, -0.15) is 0 Å². The van der Waals surface area contributed by atoms with Crippen molar-refractivity contribution in [3.05, 3.63) is 29.3 Å². The molecule has 0 amide bonds. The molecule has 1 heterocycles. The van der Waals surface area contributed by atoms with Crippen molar-refractivity contribution in [1.29, 1.82) is 0 Å². The number of rotatable bonds is 0. The first-order chi connectivity index (χ1) is 4.86. The van der Waals surface area contributed by atoms with Crippen LogP contribution in [-0.2, 0) is 39.1 Å². The molecule has 1 aliphatic rings. The van der Waals surface area contributed by atoms with Gasteiger partial charge in [-0.1, -0.05) is 17.7 Å². The van der Waals surface area contributed by atoms with Crippen LogP contribution < -0.4 is 4.74 Å². The molecule has 2 rings (SSSR count). The summed E-state index contributed by atoms with van der Waals surface area (Å²) in [5, 5.41) is 0. The van der Waals surface area contributed by atoms with Gasteiger partial charge >= 0.3 is 0 Å². The molecule has 0 aliphatic carbocycles. The van der Waals surface area contributed by atoms with Crippen LogP contribution in [0.1, 0.15) is 11.1 Å². The largest absolute Gasteiger partial charge is 0.493 e. The summed E-state index contributed by atoms with van der Waals surface area (Å²) in [7, 11) is 0. The second-order valence-electron chi connectivity index (χ2n) is 2.71. The van der Waals surface area contributed by atoms with Crippen molar-refractivity contribution in [1.82, 2.24) is 0 Å². The van der Waals surface area contributed by atoms with Gasteiger partial charge in [0.1, 0.15) is 5.75 Å². The van der Waals surface area contributed by atoms with E-state index in [0.29, 0.717) is 0 Å². The van der Waals surface area contributed by atoms with Crippen molar-refractivity contribution in [3.63, 3.8) is 0 Å². The Morgan fingerprint density at radius 1 is 1.36 bits per heavy atom. The predicted molar refractivity (Wildman–Crippen MR) is 40.4 cm³/mol. The zero-order chi connectivity index (χ0) is 6.97. The van der Waals surface area contributed by atoms with Gasteiger partial charge in [0.15, 0.2) is 0 Å². The molecule has 0 bridgehead atoms. The topological polar surface area (TPSA) is 9.23 Å². The first kappa shape index (κ1) is 9.21. The van der Waals surface area contributed by atoms with Gasteiger partial charge in [-0.25, -0.2) is 0 Å². The molecule has 0 fully saturated rings. The molecule has 0 N–H and O–H groups in total. The van der Waals surface area contributed by atoms with Crippen molar-refractivity contribution in [2.75, 3.05) is 6.61 Å². The molecule has 55 valence electrons. The molecule has 1 nitrogen and oxygen atoms in total. The number of aryl methyl sites for hydroxylation is 1.